The molecule has 0 aromatic heterocycles. The van der Waals surface area contributed by atoms with Crippen molar-refractivity contribution in [1.82, 2.24) is 0 Å². The topological polar surface area (TPSA) is 63.6 Å². The number of rotatable bonds is 5. The van der Waals surface area contributed by atoms with E-state index in [1.54, 1.807) is 0 Å². The number of hydrogen-bond donors (Lipinski definition) is 1. The van der Waals surface area contributed by atoms with Gasteiger partial charge >= 0.3 is 11.5 Å². The molecule has 1 rings (SSSR count). The number of alkyl halides is 3. The van der Waals surface area contributed by atoms with Gasteiger partial charge in [0.1, 0.15) is 5.75 Å². The first-order valence-corrected chi connectivity index (χ1v) is 5.78. The van der Waals surface area contributed by atoms with Gasteiger partial charge in [-0.05, 0) is 36.0 Å². The summed E-state index contributed by atoms with van der Waals surface area (Å²) < 4.78 is 41.4. The van der Waals surface area contributed by atoms with Gasteiger partial charge in [-0.1, -0.05) is 0 Å². The van der Waals surface area contributed by atoms with Crippen molar-refractivity contribution < 1.29 is 32.6 Å². The first-order chi connectivity index (χ1) is 8.74. The summed E-state index contributed by atoms with van der Waals surface area (Å²) in [6, 6.07) is 5.16. The zero-order valence-corrected chi connectivity index (χ0v) is 10.4. The van der Waals surface area contributed by atoms with E-state index in [0.717, 1.165) is 0 Å². The molecule has 0 heterocycles. The Kier molecular flexibility index (Phi) is 4.82. The van der Waals surface area contributed by atoms with Crippen LogP contribution in [0.5, 0.6) is 5.75 Å². The number of Topliss-reactive ketones (excluding diaryl/α,β-unsaturated/α-hetero) is 1. The standard InChI is InChI=1S/C11H9F3O4S/c1-18-7-4-2-6(3-5-7)8(15)9(10(16)17)19-11(12,13)14/h2-5,9H,1H3,(H,16,17). The quantitative estimate of drug-likeness (QED) is 0.668. The van der Waals surface area contributed by atoms with Crippen molar-refractivity contribution in [2.75, 3.05) is 7.11 Å². The summed E-state index contributed by atoms with van der Waals surface area (Å²) in [5.74, 6) is -2.53. The second-order valence-corrected chi connectivity index (χ2v) is 4.54. The maximum absolute atomic E-state index is 12.2. The van der Waals surface area contributed by atoms with E-state index < -0.39 is 34.3 Å². The predicted molar refractivity (Wildman–Crippen MR) is 62.4 cm³/mol. The zero-order chi connectivity index (χ0) is 14.6. The SMILES string of the molecule is COc1ccc(C(=O)C(SC(F)(F)F)C(=O)O)cc1. The van der Waals surface area contributed by atoms with Crippen molar-refractivity contribution in [3.05, 3.63) is 29.8 Å². The molecule has 0 fully saturated rings. The highest BCUT2D eigenvalue weighted by Gasteiger charge is 2.40. The van der Waals surface area contributed by atoms with E-state index in [4.69, 9.17) is 9.84 Å². The van der Waals surface area contributed by atoms with E-state index in [1.807, 2.05) is 0 Å². The fourth-order valence-electron chi connectivity index (χ4n) is 1.26. The van der Waals surface area contributed by atoms with E-state index in [2.05, 4.69) is 0 Å². The van der Waals surface area contributed by atoms with Crippen molar-refractivity contribution in [2.24, 2.45) is 0 Å². The van der Waals surface area contributed by atoms with E-state index in [0.29, 0.717) is 5.75 Å². The van der Waals surface area contributed by atoms with Crippen LogP contribution in [0, 0.1) is 0 Å². The molecule has 0 bridgehead atoms. The first kappa shape index (κ1) is 15.4. The molecular formula is C11H9F3O4S. The minimum absolute atomic E-state index is 0.120. The fourth-order valence-corrected chi connectivity index (χ4v) is 1.87. The second-order valence-electron chi connectivity index (χ2n) is 3.37. The second kappa shape index (κ2) is 5.96. The molecule has 0 spiro atoms. The van der Waals surface area contributed by atoms with Gasteiger partial charge < -0.3 is 9.84 Å². The van der Waals surface area contributed by atoms with E-state index in [1.165, 1.54) is 31.4 Å². The molecule has 1 aromatic carbocycles. The molecule has 0 saturated heterocycles. The van der Waals surface area contributed by atoms with Crippen LogP contribution >= 0.6 is 11.8 Å². The monoisotopic (exact) mass is 294 g/mol. The first-order valence-electron chi connectivity index (χ1n) is 4.90. The Hall–Kier alpha value is -1.70. The number of halogens is 3. The summed E-state index contributed by atoms with van der Waals surface area (Å²) in [6.07, 6.45) is 0. The Morgan fingerprint density at radius 2 is 1.79 bits per heavy atom. The van der Waals surface area contributed by atoms with Crippen molar-refractivity contribution >= 4 is 23.5 Å². The lowest BCUT2D eigenvalue weighted by molar-refractivity contribution is -0.135. The van der Waals surface area contributed by atoms with Gasteiger partial charge in [0.15, 0.2) is 11.0 Å². The maximum Gasteiger partial charge on any atom is 0.443 e. The molecule has 4 nitrogen and oxygen atoms in total. The smallest absolute Gasteiger partial charge is 0.443 e. The Bertz CT molecular complexity index is 470. The lowest BCUT2D eigenvalue weighted by Gasteiger charge is -2.13. The van der Waals surface area contributed by atoms with Crippen LogP contribution in [0.4, 0.5) is 13.2 Å². The number of ketones is 1. The predicted octanol–water partition coefficient (Wildman–Crippen LogP) is 2.58. The summed E-state index contributed by atoms with van der Waals surface area (Å²) in [4.78, 5) is 22.5. The van der Waals surface area contributed by atoms with Crippen LogP contribution in [0.15, 0.2) is 24.3 Å². The molecule has 0 aliphatic rings. The Morgan fingerprint density at radius 1 is 1.26 bits per heavy atom. The molecule has 1 atom stereocenters. The molecule has 1 aromatic rings. The molecule has 1 unspecified atom stereocenters. The van der Waals surface area contributed by atoms with E-state index in [9.17, 15) is 22.8 Å². The average molecular weight is 294 g/mol. The molecule has 0 saturated carbocycles. The summed E-state index contributed by atoms with van der Waals surface area (Å²) >= 11 is -0.857. The van der Waals surface area contributed by atoms with Gasteiger partial charge in [0.2, 0.25) is 0 Å². The highest BCUT2D eigenvalue weighted by Crippen LogP contribution is 2.35. The average Bonchev–Trinajstić information content (AvgIpc) is 2.34. The number of ether oxygens (including phenoxy) is 1. The summed E-state index contributed by atoms with van der Waals surface area (Å²) in [6.45, 7) is 0. The summed E-state index contributed by atoms with van der Waals surface area (Å²) in [5.41, 5.74) is -4.92. The number of methoxy groups -OCH3 is 1. The highest BCUT2D eigenvalue weighted by atomic mass is 32.2. The van der Waals surface area contributed by atoms with E-state index >= 15 is 0 Å². The number of carbonyl (C=O) groups excluding carboxylic acids is 1. The normalized spacial score (nSPS) is 12.8. The van der Waals surface area contributed by atoms with Crippen LogP contribution in [0.25, 0.3) is 0 Å². The lowest BCUT2D eigenvalue weighted by atomic mass is 10.1. The van der Waals surface area contributed by atoms with Crippen molar-refractivity contribution in [3.63, 3.8) is 0 Å². The summed E-state index contributed by atoms with van der Waals surface area (Å²) in [7, 11) is 1.39. The van der Waals surface area contributed by atoms with Gasteiger partial charge in [-0.15, -0.1) is 0 Å². The fraction of sp³-hybridized carbons (Fsp3) is 0.273. The van der Waals surface area contributed by atoms with Gasteiger partial charge in [0.05, 0.1) is 7.11 Å². The number of thioether (sulfide) groups is 1. The molecular weight excluding hydrogens is 285 g/mol. The van der Waals surface area contributed by atoms with Gasteiger partial charge in [-0.25, -0.2) is 0 Å². The third-order valence-electron chi connectivity index (χ3n) is 2.09. The molecule has 8 heteroatoms. The molecule has 0 aliphatic heterocycles. The Morgan fingerprint density at radius 3 is 2.16 bits per heavy atom. The lowest BCUT2D eigenvalue weighted by Crippen LogP contribution is -2.30. The number of benzene rings is 1. The minimum atomic E-state index is -4.80. The van der Waals surface area contributed by atoms with Crippen molar-refractivity contribution in [3.8, 4) is 5.75 Å². The number of aliphatic carboxylic acids is 1. The largest absolute Gasteiger partial charge is 0.497 e. The summed E-state index contributed by atoms with van der Waals surface area (Å²) in [5, 5.41) is 6.49. The number of carboxylic acid groups (broad SMARTS) is 1. The molecule has 0 amide bonds. The Balaban J connectivity index is 2.96. The van der Waals surface area contributed by atoms with Gasteiger partial charge in [0, 0.05) is 5.56 Å². The third-order valence-corrected chi connectivity index (χ3v) is 3.01. The third kappa shape index (κ3) is 4.47. The van der Waals surface area contributed by atoms with Gasteiger partial charge in [0.25, 0.3) is 0 Å². The van der Waals surface area contributed by atoms with Crippen LogP contribution in [-0.4, -0.2) is 34.7 Å². The molecule has 0 radical (unpaired) electrons. The molecule has 0 aliphatic carbocycles. The van der Waals surface area contributed by atoms with E-state index in [-0.39, 0.29) is 5.56 Å². The van der Waals surface area contributed by atoms with Crippen LogP contribution in [0.3, 0.4) is 0 Å². The molecule has 1 N–H and O–H groups in total. The highest BCUT2D eigenvalue weighted by molar-refractivity contribution is 8.02. The number of hydrogen-bond acceptors (Lipinski definition) is 4. The minimum Gasteiger partial charge on any atom is -0.497 e. The van der Waals surface area contributed by atoms with Crippen LogP contribution < -0.4 is 4.74 Å². The van der Waals surface area contributed by atoms with Crippen LogP contribution in [0.2, 0.25) is 0 Å². The van der Waals surface area contributed by atoms with Crippen molar-refractivity contribution in [2.45, 2.75) is 10.8 Å². The van der Waals surface area contributed by atoms with Crippen molar-refractivity contribution in [1.29, 1.82) is 0 Å². The van der Waals surface area contributed by atoms with Gasteiger partial charge in [-0.3, -0.25) is 9.59 Å². The van der Waals surface area contributed by atoms with Crippen LogP contribution in [-0.2, 0) is 4.79 Å². The molecule has 104 valence electrons. The van der Waals surface area contributed by atoms with Gasteiger partial charge in [-0.2, -0.15) is 13.2 Å². The molecule has 19 heavy (non-hydrogen) atoms. The Labute approximate surface area is 110 Å². The number of carboxylic acids is 1. The number of carbonyl (C=O) groups is 2. The zero-order valence-electron chi connectivity index (χ0n) is 9.60. The van der Waals surface area contributed by atoms with Crippen LogP contribution in [0.1, 0.15) is 10.4 Å². The maximum atomic E-state index is 12.2.